The first-order valence-electron chi connectivity index (χ1n) is 10.5. The Kier molecular flexibility index (Phi) is 7.40. The van der Waals surface area contributed by atoms with E-state index >= 15 is 0 Å². The number of hydrogen-bond donors (Lipinski definition) is 2. The molecule has 11 heteroatoms. The lowest BCUT2D eigenvalue weighted by atomic mass is 9.96. The predicted molar refractivity (Wildman–Crippen MR) is 132 cm³/mol. The Hall–Kier alpha value is -1.98. The van der Waals surface area contributed by atoms with E-state index in [0.717, 1.165) is 3.79 Å². The second-order valence-electron chi connectivity index (χ2n) is 8.16. The van der Waals surface area contributed by atoms with E-state index in [1.54, 1.807) is 35.2 Å². The molecule has 0 aliphatic carbocycles. The zero-order valence-electron chi connectivity index (χ0n) is 18.0. The molecule has 1 atom stereocenters. The van der Waals surface area contributed by atoms with Gasteiger partial charge < -0.3 is 25.2 Å². The Morgan fingerprint density at radius 2 is 2.03 bits per heavy atom. The quantitative estimate of drug-likeness (QED) is 0.591. The monoisotopic (exact) mass is 554 g/mol. The Balaban J connectivity index is 1.51. The number of likely N-dealkylation sites (N-methyl/N-ethyl adjacent to an activating group) is 1. The Labute approximate surface area is 209 Å². The van der Waals surface area contributed by atoms with Crippen molar-refractivity contribution < 1.29 is 19.1 Å². The summed E-state index contributed by atoms with van der Waals surface area (Å²) < 4.78 is 6.22. The number of ether oxygens (including phenoxy) is 1. The summed E-state index contributed by atoms with van der Waals surface area (Å²) in [6.45, 7) is 2.33. The summed E-state index contributed by atoms with van der Waals surface area (Å²) in [7, 11) is 1.91. The molecule has 2 aliphatic rings. The van der Waals surface area contributed by atoms with E-state index in [1.165, 1.54) is 11.3 Å². The van der Waals surface area contributed by atoms with Gasteiger partial charge in [0.1, 0.15) is 5.54 Å². The SMILES string of the molecule is CN1CCC(NC(=O)c2ccc(Br)s2)(C(=O)Nc2ccc(N3CCOCCC3=O)c(Cl)c2)C1. The van der Waals surface area contributed by atoms with Gasteiger partial charge in [-0.05, 0) is 59.7 Å². The third-order valence-corrected chi connectivity index (χ3v) is 7.69. The molecular weight excluding hydrogens is 532 g/mol. The standard InChI is InChI=1S/C22H24BrClN4O4S/c1-27-8-7-22(13-27,26-20(30)17-4-5-18(23)33-17)21(31)25-14-2-3-16(15(24)12-14)28-9-11-32-10-6-19(28)29/h2-5,12H,6-11,13H2,1H3,(H,25,31)(H,26,30). The fourth-order valence-electron chi connectivity index (χ4n) is 4.05. The lowest BCUT2D eigenvalue weighted by Crippen LogP contribution is -2.58. The fourth-order valence-corrected chi connectivity index (χ4v) is 5.61. The molecule has 1 unspecified atom stereocenters. The van der Waals surface area contributed by atoms with Crippen LogP contribution in [0, 0.1) is 0 Å². The number of thiophene rings is 1. The number of carbonyl (C=O) groups excluding carboxylic acids is 3. The van der Waals surface area contributed by atoms with E-state index in [2.05, 4.69) is 26.6 Å². The van der Waals surface area contributed by atoms with E-state index in [-0.39, 0.29) is 17.7 Å². The molecule has 8 nitrogen and oxygen atoms in total. The van der Waals surface area contributed by atoms with Crippen molar-refractivity contribution >= 4 is 68.0 Å². The van der Waals surface area contributed by atoms with Crippen molar-refractivity contribution in [3.8, 4) is 0 Å². The molecule has 2 saturated heterocycles. The van der Waals surface area contributed by atoms with Gasteiger partial charge in [0.05, 0.1) is 39.0 Å². The Morgan fingerprint density at radius 3 is 2.70 bits per heavy atom. The lowest BCUT2D eigenvalue weighted by molar-refractivity contribution is -0.121. The van der Waals surface area contributed by atoms with Gasteiger partial charge in [0.2, 0.25) is 5.91 Å². The molecule has 2 N–H and O–H groups in total. The van der Waals surface area contributed by atoms with Crippen LogP contribution in [0.5, 0.6) is 0 Å². The predicted octanol–water partition coefficient (Wildman–Crippen LogP) is 3.36. The van der Waals surface area contributed by atoms with Crippen LogP contribution < -0.4 is 15.5 Å². The molecule has 1 aromatic carbocycles. The van der Waals surface area contributed by atoms with Crippen LogP contribution in [0.1, 0.15) is 22.5 Å². The fraction of sp³-hybridized carbons (Fsp3) is 0.409. The average Bonchev–Trinajstić information content (AvgIpc) is 3.31. The van der Waals surface area contributed by atoms with Crippen molar-refractivity contribution in [2.75, 3.05) is 50.1 Å². The highest BCUT2D eigenvalue weighted by atomic mass is 79.9. The summed E-state index contributed by atoms with van der Waals surface area (Å²) in [6.07, 6.45) is 0.785. The van der Waals surface area contributed by atoms with E-state index in [1.807, 2.05) is 11.9 Å². The van der Waals surface area contributed by atoms with Gasteiger partial charge in [-0.1, -0.05) is 11.6 Å². The first kappa shape index (κ1) is 24.2. The van der Waals surface area contributed by atoms with Gasteiger partial charge in [0.15, 0.2) is 0 Å². The molecule has 4 rings (SSSR count). The highest BCUT2D eigenvalue weighted by Gasteiger charge is 2.45. The van der Waals surface area contributed by atoms with E-state index in [4.69, 9.17) is 16.3 Å². The van der Waals surface area contributed by atoms with Crippen LogP contribution in [0.4, 0.5) is 11.4 Å². The number of nitrogens with zero attached hydrogens (tertiary/aromatic N) is 2. The van der Waals surface area contributed by atoms with Crippen LogP contribution in [0.2, 0.25) is 5.02 Å². The summed E-state index contributed by atoms with van der Waals surface area (Å²) in [4.78, 5) is 42.7. The molecule has 3 amide bonds. The number of benzene rings is 1. The van der Waals surface area contributed by atoms with Crippen molar-refractivity contribution in [2.24, 2.45) is 0 Å². The summed E-state index contributed by atoms with van der Waals surface area (Å²) in [6, 6.07) is 8.58. The van der Waals surface area contributed by atoms with E-state index in [0.29, 0.717) is 67.0 Å². The first-order valence-corrected chi connectivity index (χ1v) is 12.5. The third-order valence-electron chi connectivity index (χ3n) is 5.76. The lowest BCUT2D eigenvalue weighted by Gasteiger charge is -2.29. The first-order chi connectivity index (χ1) is 15.8. The van der Waals surface area contributed by atoms with E-state index < -0.39 is 5.54 Å². The van der Waals surface area contributed by atoms with Gasteiger partial charge >= 0.3 is 0 Å². The third kappa shape index (κ3) is 5.41. The van der Waals surface area contributed by atoms with Gasteiger partial charge in [0, 0.05) is 25.3 Å². The zero-order chi connectivity index (χ0) is 23.6. The molecule has 0 saturated carbocycles. The number of rotatable bonds is 5. The van der Waals surface area contributed by atoms with Crippen LogP contribution >= 0.6 is 38.9 Å². The Bertz CT molecular complexity index is 1080. The molecule has 2 fully saturated rings. The van der Waals surface area contributed by atoms with E-state index in [9.17, 15) is 14.4 Å². The topological polar surface area (TPSA) is 91.0 Å². The van der Waals surface area contributed by atoms with Crippen LogP contribution in [0.25, 0.3) is 0 Å². The molecule has 33 heavy (non-hydrogen) atoms. The van der Waals surface area contributed by atoms with Crippen molar-refractivity contribution in [1.82, 2.24) is 10.2 Å². The van der Waals surface area contributed by atoms with Gasteiger partial charge in [0.25, 0.3) is 11.8 Å². The average molecular weight is 556 g/mol. The van der Waals surface area contributed by atoms with Crippen LogP contribution in [0.3, 0.4) is 0 Å². The summed E-state index contributed by atoms with van der Waals surface area (Å²) >= 11 is 11.2. The molecule has 2 aliphatic heterocycles. The van der Waals surface area contributed by atoms with Crippen molar-refractivity contribution in [3.05, 3.63) is 44.0 Å². The summed E-state index contributed by atoms with van der Waals surface area (Å²) in [5.74, 6) is -0.646. The second-order valence-corrected chi connectivity index (χ2v) is 11.0. The molecule has 0 bridgehead atoms. The maximum absolute atomic E-state index is 13.4. The van der Waals surface area contributed by atoms with Crippen molar-refractivity contribution in [1.29, 1.82) is 0 Å². The van der Waals surface area contributed by atoms with Gasteiger partial charge in [-0.2, -0.15) is 0 Å². The maximum Gasteiger partial charge on any atom is 0.262 e. The molecule has 0 spiro atoms. The highest BCUT2D eigenvalue weighted by Crippen LogP contribution is 2.31. The number of anilines is 2. The van der Waals surface area contributed by atoms with Gasteiger partial charge in [-0.25, -0.2) is 0 Å². The highest BCUT2D eigenvalue weighted by molar-refractivity contribution is 9.11. The largest absolute Gasteiger partial charge is 0.379 e. The zero-order valence-corrected chi connectivity index (χ0v) is 21.2. The Morgan fingerprint density at radius 1 is 1.21 bits per heavy atom. The van der Waals surface area contributed by atoms with Crippen LogP contribution in [0.15, 0.2) is 34.1 Å². The summed E-state index contributed by atoms with van der Waals surface area (Å²) in [5, 5.41) is 6.22. The number of halogens is 2. The number of nitrogens with one attached hydrogen (secondary N) is 2. The smallest absolute Gasteiger partial charge is 0.262 e. The molecular formula is C22H24BrClN4O4S. The molecule has 1 aromatic heterocycles. The van der Waals surface area contributed by atoms with Gasteiger partial charge in [-0.3, -0.25) is 14.4 Å². The molecule has 3 heterocycles. The van der Waals surface area contributed by atoms with Crippen LogP contribution in [-0.2, 0) is 14.3 Å². The molecule has 2 aromatic rings. The molecule has 0 radical (unpaired) electrons. The number of amides is 3. The van der Waals surface area contributed by atoms with Crippen LogP contribution in [-0.4, -0.2) is 68.1 Å². The normalized spacial score (nSPS) is 21.7. The maximum atomic E-state index is 13.4. The minimum absolute atomic E-state index is 0.0537. The number of carbonyl (C=O) groups is 3. The number of hydrogen-bond acceptors (Lipinski definition) is 6. The number of likely N-dealkylation sites (tertiary alicyclic amines) is 1. The minimum atomic E-state index is -1.06. The second kappa shape index (κ2) is 10.1. The van der Waals surface area contributed by atoms with Crippen molar-refractivity contribution in [2.45, 2.75) is 18.4 Å². The minimum Gasteiger partial charge on any atom is -0.379 e. The van der Waals surface area contributed by atoms with Gasteiger partial charge in [-0.15, -0.1) is 11.3 Å². The van der Waals surface area contributed by atoms with Crippen molar-refractivity contribution in [3.63, 3.8) is 0 Å². The summed E-state index contributed by atoms with van der Waals surface area (Å²) in [5.41, 5.74) is 0.0114. The molecule has 176 valence electrons.